The number of fused-ring (bicyclic) bond motifs is 11. The van der Waals surface area contributed by atoms with Crippen LogP contribution in [-0.4, -0.2) is 282 Å². The van der Waals surface area contributed by atoms with Crippen LogP contribution in [0.1, 0.15) is 76.3 Å². The molecule has 7 rings (SSSR count). The molecule has 42 heteroatoms. The molecule has 15 atom stereocenters. The number of amides is 16. The first-order valence-corrected chi connectivity index (χ1v) is 39.2. The molecule has 5 saturated heterocycles. The molecule has 0 aliphatic carbocycles. The van der Waals surface area contributed by atoms with Gasteiger partial charge in [0.1, 0.15) is 90.3 Å². The highest BCUT2D eigenvalue weighted by molar-refractivity contribution is 8.77. The molecule has 21 N–H and O–H groups in total. The molecule has 2 aromatic rings. The van der Waals surface area contributed by atoms with Gasteiger partial charge in [-0.15, -0.1) is 0 Å². The fourth-order valence-corrected chi connectivity index (χ4v) is 16.9. The lowest BCUT2D eigenvalue weighted by molar-refractivity contribution is -0.148. The lowest BCUT2D eigenvalue weighted by Gasteiger charge is -2.33. The summed E-state index contributed by atoms with van der Waals surface area (Å²) in [7, 11) is 3.20. The number of carbonyl (C=O) groups excluding carboxylic acids is 16. The third kappa shape index (κ3) is 24.3. The number of aliphatic hydroxyl groups excluding tert-OH is 2. The van der Waals surface area contributed by atoms with E-state index < -0.39 is 240 Å². The summed E-state index contributed by atoms with van der Waals surface area (Å²) in [5, 5.41) is 68.7. The minimum atomic E-state index is -1.99. The SMILES string of the molecule is C[C@@H]1NC(=O)[C@H](Cc2ccccc2)NC(=O)[C@@H]2CSSC[C@H](NC(=O)CN)C(=O)N[C@@H](CSSC[C@@H](C(N)=O)NC(=O)[C@H](CC(=O)O)NC(=O)[C@@H]3CCCN3C(=O)[C@H](CC(N)=O)NC(=O)[C@H]([C@@H](C)O)NC1=O)C(=O)N[C@@H](CO)C(=O)NC(Cc1ccc(O)cc1)C(=O)N1CCC[C@H]1C(=O)N1CCC[C@H]1C(=O)N2. The molecule has 0 radical (unpaired) electrons. The average molecular weight is 1570 g/mol. The summed E-state index contributed by atoms with van der Waals surface area (Å²) in [6, 6.07) is -9.48. The number of aliphatic carboxylic acids is 1. The second-order valence-electron chi connectivity index (χ2n) is 25.9. The summed E-state index contributed by atoms with van der Waals surface area (Å²) in [5.74, 6) is -20.5. The van der Waals surface area contributed by atoms with Crippen molar-refractivity contribution in [3.05, 3.63) is 65.7 Å². The van der Waals surface area contributed by atoms with Gasteiger partial charge in [0.05, 0.1) is 32.1 Å². The van der Waals surface area contributed by atoms with Crippen LogP contribution in [0.3, 0.4) is 0 Å². The van der Waals surface area contributed by atoms with Crippen molar-refractivity contribution in [1.82, 2.24) is 73.2 Å². The normalized spacial score (nSPS) is 28.5. The largest absolute Gasteiger partial charge is 0.508 e. The molecule has 1 unspecified atom stereocenters. The Labute approximate surface area is 628 Å². The lowest BCUT2D eigenvalue weighted by atomic mass is 10.0. The standard InChI is InChI=1S/C65H89N17O21S4/c1-31-53(91)79-51(32(2)84)62(100)74-39(23-48(67)86)64(102)80-18-6-11-45(80)60(98)72-37(24-50(88)89)55(93)76-41(52(68)90)27-104-106-29-43-59(97)75-40(26-83)56(94)73-38(22-34-14-16-35(85)17-15-34)63(101)82-20-8-13-47(82)65(103)81-19-7-12-46(81)61(99)78-44(30-107-105-28-42(57(95)77-43)70-49(87)25-66)58(96)71-36(54(92)69-31)21-33-9-4-3-5-10-33/h3-5,9-10,14-17,31-32,36-47,51,83-85H,6-8,11-13,18-30,66H2,1-2H3,(H2,67,86)(H2,68,90)(H,69,92)(H,70,87)(H,71,96)(H,72,98)(H,73,94)(H,74,100)(H,75,97)(H,76,93)(H,77,95)(H,78,99)(H,79,91)(H,88,89)/t31-,32+,36-,37-,38?,39-,40-,41-,42-,43-,44-,45-,46-,47-,51-/m0/s1. The van der Waals surface area contributed by atoms with Crippen molar-refractivity contribution < 1.29 is 102 Å². The number of phenolic OH excluding ortho intramolecular Hbond substituents is 1. The van der Waals surface area contributed by atoms with Crippen LogP contribution in [0.4, 0.5) is 0 Å². The van der Waals surface area contributed by atoms with Gasteiger partial charge in [0.25, 0.3) is 0 Å². The highest BCUT2D eigenvalue weighted by Crippen LogP contribution is 2.30. The van der Waals surface area contributed by atoms with E-state index >= 15 is 9.59 Å². The number of carboxylic acid groups (broad SMARTS) is 1. The van der Waals surface area contributed by atoms with Crippen LogP contribution in [-0.2, 0) is 94.3 Å². The van der Waals surface area contributed by atoms with Crippen molar-refractivity contribution in [3.63, 3.8) is 0 Å². The Morgan fingerprint density at radius 1 is 0.514 bits per heavy atom. The fraction of sp³-hybridized carbons (Fsp3) is 0.554. The number of benzene rings is 2. The van der Waals surface area contributed by atoms with Gasteiger partial charge in [-0.25, -0.2) is 0 Å². The second-order valence-corrected chi connectivity index (χ2v) is 31.0. The van der Waals surface area contributed by atoms with Gasteiger partial charge in [-0.3, -0.25) is 81.5 Å². The Kier molecular flexibility index (Phi) is 32.1. The number of aromatic hydroxyl groups is 1. The van der Waals surface area contributed by atoms with E-state index in [4.69, 9.17) is 17.2 Å². The van der Waals surface area contributed by atoms with Crippen LogP contribution in [0.2, 0.25) is 0 Å². The van der Waals surface area contributed by atoms with Crippen molar-refractivity contribution in [1.29, 1.82) is 0 Å². The smallest absolute Gasteiger partial charge is 0.305 e. The van der Waals surface area contributed by atoms with Gasteiger partial charge in [-0.05, 0) is 75.6 Å². The Morgan fingerprint density at radius 2 is 0.991 bits per heavy atom. The van der Waals surface area contributed by atoms with Gasteiger partial charge < -0.3 is 111 Å². The van der Waals surface area contributed by atoms with E-state index in [9.17, 15) is 92.3 Å². The Morgan fingerprint density at radius 3 is 1.56 bits per heavy atom. The summed E-state index contributed by atoms with van der Waals surface area (Å²) >= 11 is 0. The van der Waals surface area contributed by atoms with Gasteiger partial charge in [-0.2, -0.15) is 0 Å². The van der Waals surface area contributed by atoms with E-state index in [2.05, 4.69) is 58.5 Å². The number of carboxylic acids is 1. The van der Waals surface area contributed by atoms with Gasteiger partial charge in [0.15, 0.2) is 0 Å². The van der Waals surface area contributed by atoms with Crippen LogP contribution < -0.4 is 75.7 Å². The number of rotatable bonds is 13. The number of hydrogen-bond acceptors (Lipinski definition) is 25. The zero-order valence-corrected chi connectivity index (χ0v) is 61.5. The number of carbonyl (C=O) groups is 17. The predicted molar refractivity (Wildman–Crippen MR) is 386 cm³/mol. The number of primary amides is 2. The first-order valence-electron chi connectivity index (χ1n) is 34.2. The van der Waals surface area contributed by atoms with Crippen LogP contribution >= 0.6 is 43.2 Å². The third-order valence-electron chi connectivity index (χ3n) is 17.9. The summed E-state index contributed by atoms with van der Waals surface area (Å²) < 4.78 is 0. The molecule has 0 saturated carbocycles. The van der Waals surface area contributed by atoms with Crippen LogP contribution in [0.25, 0.3) is 0 Å². The highest BCUT2D eigenvalue weighted by atomic mass is 33.1. The Bertz CT molecular complexity index is 3650. The molecule has 5 heterocycles. The number of nitrogens with one attached hydrogen (secondary N) is 11. The first-order chi connectivity index (χ1) is 50.9. The molecule has 2 aromatic carbocycles. The van der Waals surface area contributed by atoms with E-state index in [1.807, 2.05) is 0 Å². The molecule has 16 amide bonds. The van der Waals surface area contributed by atoms with Gasteiger partial charge >= 0.3 is 5.97 Å². The fourth-order valence-electron chi connectivity index (χ4n) is 12.3. The molecule has 107 heavy (non-hydrogen) atoms. The zero-order chi connectivity index (χ0) is 78.3. The van der Waals surface area contributed by atoms with Crippen molar-refractivity contribution >= 4 is 144 Å². The topological polar surface area (TPSA) is 591 Å². The molecule has 5 fully saturated rings. The summed E-state index contributed by atoms with van der Waals surface area (Å²) in [6.45, 7) is 0.222. The predicted octanol–water partition coefficient (Wildman–Crippen LogP) is -7.54. The van der Waals surface area contributed by atoms with E-state index in [1.54, 1.807) is 30.3 Å². The Hall–Kier alpha value is -9.49. The van der Waals surface area contributed by atoms with Gasteiger partial charge in [0.2, 0.25) is 94.5 Å². The summed E-state index contributed by atoms with van der Waals surface area (Å²) in [6.07, 6.45) is -3.71. The number of hydrogen-bond donors (Lipinski definition) is 18. The van der Waals surface area contributed by atoms with Crippen LogP contribution in [0.15, 0.2) is 54.6 Å². The molecule has 0 spiro atoms. The molecule has 584 valence electrons. The number of phenols is 1. The first kappa shape index (κ1) is 84.8. The van der Waals surface area contributed by atoms with Crippen LogP contribution in [0, 0.1) is 0 Å². The minimum Gasteiger partial charge on any atom is -0.508 e. The van der Waals surface area contributed by atoms with Crippen LogP contribution in [0.5, 0.6) is 5.75 Å². The van der Waals surface area contributed by atoms with Gasteiger partial charge in [0, 0.05) is 55.5 Å². The second kappa shape index (κ2) is 40.5. The molecule has 0 aromatic heterocycles. The third-order valence-corrected chi connectivity index (χ3v) is 22.8. The molecule has 38 nitrogen and oxygen atoms in total. The molecule has 5 aliphatic heterocycles. The maximum absolute atomic E-state index is 15.0. The number of nitrogens with two attached hydrogens (primary N) is 3. The number of aliphatic hydroxyl groups is 2. The monoisotopic (exact) mass is 1570 g/mol. The molecule has 2 bridgehead atoms. The van der Waals surface area contributed by atoms with E-state index in [1.165, 1.54) is 41.0 Å². The van der Waals surface area contributed by atoms with E-state index in [-0.39, 0.29) is 76.8 Å². The van der Waals surface area contributed by atoms with Crippen molar-refractivity contribution in [2.45, 2.75) is 169 Å². The minimum absolute atomic E-state index is 0.00468. The maximum Gasteiger partial charge on any atom is 0.305 e. The zero-order valence-electron chi connectivity index (χ0n) is 58.2. The van der Waals surface area contributed by atoms with E-state index in [0.717, 1.165) is 55.0 Å². The van der Waals surface area contributed by atoms with Crippen molar-refractivity contribution in [2.24, 2.45) is 17.2 Å². The highest BCUT2D eigenvalue weighted by Gasteiger charge is 2.46. The lowest BCUT2D eigenvalue weighted by Crippen LogP contribution is -2.62. The van der Waals surface area contributed by atoms with E-state index in [0.29, 0.717) is 11.1 Å². The Balaban J connectivity index is 1.32. The quantitative estimate of drug-likeness (QED) is 0.0829. The maximum atomic E-state index is 15.0. The summed E-state index contributed by atoms with van der Waals surface area (Å²) in [4.78, 5) is 243. The average Bonchev–Trinajstić information content (AvgIpc) is 1.68. The molecular formula is C65H89N17O21S4. The number of nitrogens with zero attached hydrogens (tertiary/aromatic N) is 3. The summed E-state index contributed by atoms with van der Waals surface area (Å²) in [5.41, 5.74) is 17.8. The molecule has 5 aliphatic rings. The van der Waals surface area contributed by atoms with Crippen molar-refractivity contribution in [2.75, 3.05) is 55.8 Å². The van der Waals surface area contributed by atoms with Gasteiger partial charge in [-0.1, -0.05) is 85.6 Å². The van der Waals surface area contributed by atoms with Crippen molar-refractivity contribution in [3.8, 4) is 5.75 Å². The molecular weight excluding hydrogens is 1480 g/mol.